The second kappa shape index (κ2) is 7.46. The second-order valence-corrected chi connectivity index (χ2v) is 6.77. The Bertz CT molecular complexity index is 753. The summed E-state index contributed by atoms with van der Waals surface area (Å²) in [5.41, 5.74) is 0.581. The maximum Gasteiger partial charge on any atom is 0.273 e. The molecule has 1 aromatic carbocycles. The van der Waals surface area contributed by atoms with Gasteiger partial charge in [0.25, 0.3) is 5.91 Å². The highest BCUT2D eigenvalue weighted by Gasteiger charge is 2.20. The van der Waals surface area contributed by atoms with Gasteiger partial charge in [0, 0.05) is 24.5 Å². The molecule has 0 atom stereocenters. The highest BCUT2D eigenvalue weighted by atomic mass is 19.1. The van der Waals surface area contributed by atoms with Crippen molar-refractivity contribution in [1.82, 2.24) is 10.3 Å². The molecule has 0 saturated carbocycles. The van der Waals surface area contributed by atoms with E-state index in [1.54, 1.807) is 6.07 Å². The van der Waals surface area contributed by atoms with E-state index >= 15 is 0 Å². The number of nitrogens with zero attached hydrogens (tertiary/aromatic N) is 1. The van der Waals surface area contributed by atoms with Crippen LogP contribution in [0.25, 0.3) is 0 Å². The largest absolute Gasteiger partial charge is 0.492 e. The molecule has 0 radical (unpaired) electrons. The number of carbonyl (C=O) groups excluding carboxylic acids is 1. The van der Waals surface area contributed by atoms with E-state index in [9.17, 15) is 13.6 Å². The van der Waals surface area contributed by atoms with E-state index < -0.39 is 11.6 Å². The quantitative estimate of drug-likeness (QED) is 0.860. The summed E-state index contributed by atoms with van der Waals surface area (Å²) in [6, 6.07) is 4.62. The molecule has 134 valence electrons. The normalized spacial score (nSPS) is 11.1. The molecule has 0 aliphatic rings. The Hall–Kier alpha value is -2.70. The zero-order valence-electron chi connectivity index (χ0n) is 14.6. The van der Waals surface area contributed by atoms with E-state index in [2.05, 4.69) is 15.6 Å². The van der Waals surface area contributed by atoms with Crippen molar-refractivity contribution in [1.29, 1.82) is 0 Å². The van der Waals surface area contributed by atoms with Gasteiger partial charge in [-0.1, -0.05) is 20.8 Å². The molecule has 1 aromatic heterocycles. The first-order valence-corrected chi connectivity index (χ1v) is 7.74. The van der Waals surface area contributed by atoms with Gasteiger partial charge >= 0.3 is 0 Å². The third-order valence-electron chi connectivity index (χ3n) is 3.24. The summed E-state index contributed by atoms with van der Waals surface area (Å²) in [6.45, 7) is 6.45. The monoisotopic (exact) mass is 349 g/mol. The van der Waals surface area contributed by atoms with Crippen molar-refractivity contribution in [3.05, 3.63) is 47.8 Å². The number of rotatable bonds is 5. The number of hydrogen-bond donors (Lipinski definition) is 2. The minimum absolute atomic E-state index is 0.0855. The topological polar surface area (TPSA) is 63.2 Å². The Balaban J connectivity index is 2.29. The predicted octanol–water partition coefficient (Wildman–Crippen LogP) is 3.89. The third kappa shape index (κ3) is 5.14. The molecule has 0 bridgehead atoms. The molecule has 2 N–H and O–H groups in total. The Labute approximate surface area is 145 Å². The van der Waals surface area contributed by atoms with Gasteiger partial charge in [0.1, 0.15) is 11.6 Å². The van der Waals surface area contributed by atoms with Crippen LogP contribution >= 0.6 is 0 Å². The Morgan fingerprint density at radius 2 is 1.84 bits per heavy atom. The number of amides is 1. The summed E-state index contributed by atoms with van der Waals surface area (Å²) in [6.07, 6.45) is 1.42. The summed E-state index contributed by atoms with van der Waals surface area (Å²) in [4.78, 5) is 16.4. The fourth-order valence-electron chi connectivity index (χ4n) is 2.13. The van der Waals surface area contributed by atoms with Crippen molar-refractivity contribution in [2.45, 2.75) is 20.8 Å². The molecule has 25 heavy (non-hydrogen) atoms. The standard InChI is InChI=1S/C18H21F2N3O2/c1-18(2,3)10-22-17(24)15-16(25-4)14(5-6-21-15)23-13-8-11(19)7-12(20)9-13/h5-9H,10H2,1-4H3,(H,21,23)(H,22,24). The van der Waals surface area contributed by atoms with E-state index in [1.807, 2.05) is 20.8 Å². The number of benzene rings is 1. The van der Waals surface area contributed by atoms with Crippen molar-refractivity contribution < 1.29 is 18.3 Å². The number of pyridine rings is 1. The average Bonchev–Trinajstić information content (AvgIpc) is 2.50. The average molecular weight is 349 g/mol. The molecule has 2 rings (SSSR count). The van der Waals surface area contributed by atoms with Crippen molar-refractivity contribution in [2.75, 3.05) is 19.0 Å². The molecule has 0 spiro atoms. The maximum absolute atomic E-state index is 13.3. The lowest BCUT2D eigenvalue weighted by Gasteiger charge is -2.19. The van der Waals surface area contributed by atoms with E-state index in [1.165, 1.54) is 13.3 Å². The first-order chi connectivity index (χ1) is 11.7. The number of aromatic nitrogens is 1. The molecule has 0 unspecified atom stereocenters. The van der Waals surface area contributed by atoms with Crippen molar-refractivity contribution in [3.8, 4) is 5.75 Å². The summed E-state index contributed by atoms with van der Waals surface area (Å²) in [5.74, 6) is -1.61. The molecule has 0 fully saturated rings. The molecule has 7 heteroatoms. The summed E-state index contributed by atoms with van der Waals surface area (Å²) in [5, 5.41) is 5.64. The fraction of sp³-hybridized carbons (Fsp3) is 0.333. The maximum atomic E-state index is 13.3. The van der Waals surface area contributed by atoms with Crippen LogP contribution in [0.1, 0.15) is 31.3 Å². The van der Waals surface area contributed by atoms with Gasteiger partial charge in [-0.15, -0.1) is 0 Å². The van der Waals surface area contributed by atoms with E-state index in [0.29, 0.717) is 12.2 Å². The number of nitrogens with one attached hydrogen (secondary N) is 2. The minimum Gasteiger partial charge on any atom is -0.492 e. The number of carbonyl (C=O) groups is 1. The van der Waals surface area contributed by atoms with Crippen molar-refractivity contribution in [3.63, 3.8) is 0 Å². The molecule has 1 heterocycles. The van der Waals surface area contributed by atoms with Crippen LogP contribution in [-0.2, 0) is 0 Å². The smallest absolute Gasteiger partial charge is 0.273 e. The van der Waals surface area contributed by atoms with E-state index in [-0.39, 0.29) is 28.5 Å². The zero-order valence-corrected chi connectivity index (χ0v) is 14.6. The molecule has 0 saturated heterocycles. The summed E-state index contributed by atoms with van der Waals surface area (Å²) >= 11 is 0. The first-order valence-electron chi connectivity index (χ1n) is 7.74. The minimum atomic E-state index is -0.710. The SMILES string of the molecule is COc1c(Nc2cc(F)cc(F)c2)ccnc1C(=O)NCC(C)(C)C. The molecule has 0 aliphatic carbocycles. The Morgan fingerprint density at radius 1 is 1.20 bits per heavy atom. The number of anilines is 2. The van der Waals surface area contributed by atoms with Crippen LogP contribution in [0.3, 0.4) is 0 Å². The van der Waals surface area contributed by atoms with Gasteiger partial charge in [0.05, 0.1) is 12.8 Å². The van der Waals surface area contributed by atoms with Gasteiger partial charge in [0.2, 0.25) is 0 Å². The van der Waals surface area contributed by atoms with Crippen molar-refractivity contribution in [2.24, 2.45) is 5.41 Å². The molecule has 2 aromatic rings. The highest BCUT2D eigenvalue weighted by molar-refractivity contribution is 5.97. The second-order valence-electron chi connectivity index (χ2n) is 6.77. The predicted molar refractivity (Wildman–Crippen MR) is 92.2 cm³/mol. The van der Waals surface area contributed by atoms with Crippen LogP contribution in [0.5, 0.6) is 5.75 Å². The van der Waals surface area contributed by atoms with Gasteiger partial charge in [-0.25, -0.2) is 13.8 Å². The number of ether oxygens (including phenoxy) is 1. The lowest BCUT2D eigenvalue weighted by molar-refractivity contribution is 0.0931. The zero-order chi connectivity index (χ0) is 18.6. The van der Waals surface area contributed by atoms with E-state index in [4.69, 9.17) is 4.74 Å². The summed E-state index contributed by atoms with van der Waals surface area (Å²) < 4.78 is 32.0. The molecular formula is C18H21F2N3O2. The lowest BCUT2D eigenvalue weighted by atomic mass is 9.97. The van der Waals surface area contributed by atoms with Crippen LogP contribution in [-0.4, -0.2) is 24.5 Å². The molecular weight excluding hydrogens is 328 g/mol. The molecule has 0 aliphatic heterocycles. The number of halogens is 2. The number of hydrogen-bond acceptors (Lipinski definition) is 4. The van der Waals surface area contributed by atoms with Gasteiger partial charge in [-0.3, -0.25) is 4.79 Å². The van der Waals surface area contributed by atoms with Crippen LogP contribution < -0.4 is 15.4 Å². The van der Waals surface area contributed by atoms with Gasteiger partial charge in [-0.2, -0.15) is 0 Å². The van der Waals surface area contributed by atoms with E-state index in [0.717, 1.165) is 18.2 Å². The first kappa shape index (κ1) is 18.6. The lowest BCUT2D eigenvalue weighted by Crippen LogP contribution is -2.33. The van der Waals surface area contributed by atoms with Crippen LogP contribution in [0.2, 0.25) is 0 Å². The van der Waals surface area contributed by atoms with Crippen molar-refractivity contribution >= 4 is 17.3 Å². The number of methoxy groups -OCH3 is 1. The van der Waals surface area contributed by atoms with Gasteiger partial charge < -0.3 is 15.4 Å². The Kier molecular flexibility index (Phi) is 5.56. The molecule has 5 nitrogen and oxygen atoms in total. The van der Waals surface area contributed by atoms with Crippen LogP contribution in [0, 0.1) is 17.0 Å². The van der Waals surface area contributed by atoms with Gasteiger partial charge in [-0.05, 0) is 23.6 Å². The van der Waals surface area contributed by atoms with Crippen LogP contribution in [0.4, 0.5) is 20.2 Å². The van der Waals surface area contributed by atoms with Gasteiger partial charge in [0.15, 0.2) is 11.4 Å². The fourth-order valence-corrected chi connectivity index (χ4v) is 2.13. The van der Waals surface area contributed by atoms with Crippen LogP contribution in [0.15, 0.2) is 30.5 Å². The molecule has 1 amide bonds. The Morgan fingerprint density at radius 3 is 2.40 bits per heavy atom. The summed E-state index contributed by atoms with van der Waals surface area (Å²) in [7, 11) is 1.40. The third-order valence-corrected chi connectivity index (χ3v) is 3.24. The highest BCUT2D eigenvalue weighted by Crippen LogP contribution is 2.30.